The summed E-state index contributed by atoms with van der Waals surface area (Å²) in [6, 6.07) is 4.35. The molecule has 0 saturated carbocycles. The second-order valence-electron chi connectivity index (χ2n) is 4.13. The van der Waals surface area contributed by atoms with Crippen molar-refractivity contribution < 1.29 is 0 Å². The van der Waals surface area contributed by atoms with Gasteiger partial charge in [-0.25, -0.2) is 9.97 Å². The van der Waals surface area contributed by atoms with Crippen LogP contribution in [0.3, 0.4) is 0 Å². The van der Waals surface area contributed by atoms with Gasteiger partial charge in [0.05, 0.1) is 6.07 Å². The Kier molecular flexibility index (Phi) is 4.70. The molecule has 1 N–H and O–H groups in total. The first kappa shape index (κ1) is 13.2. The Balaban J connectivity index is 2.90. The molecule has 5 nitrogen and oxygen atoms in total. The van der Waals surface area contributed by atoms with Gasteiger partial charge in [-0.1, -0.05) is 6.92 Å². The quantitative estimate of drug-likeness (QED) is 0.787. The SMILES string of the molecule is CCC(C)Nc1cc(N(C)CC#N)nc(C)n1. The lowest BCUT2D eigenvalue weighted by Crippen LogP contribution is -2.20. The van der Waals surface area contributed by atoms with Gasteiger partial charge in [0.25, 0.3) is 0 Å². The van der Waals surface area contributed by atoms with Crippen molar-refractivity contribution in [3.8, 4) is 6.07 Å². The number of hydrogen-bond acceptors (Lipinski definition) is 5. The van der Waals surface area contributed by atoms with Crippen LogP contribution in [0.2, 0.25) is 0 Å². The van der Waals surface area contributed by atoms with E-state index in [1.165, 1.54) is 0 Å². The lowest BCUT2D eigenvalue weighted by atomic mass is 10.2. The molecule has 1 atom stereocenters. The number of hydrogen-bond donors (Lipinski definition) is 1. The van der Waals surface area contributed by atoms with Gasteiger partial charge in [-0.05, 0) is 20.3 Å². The predicted octanol–water partition coefficient (Wildman–Crippen LogP) is 1.96. The Morgan fingerprint density at radius 3 is 2.82 bits per heavy atom. The van der Waals surface area contributed by atoms with Crippen LogP contribution in [0.5, 0.6) is 0 Å². The second-order valence-corrected chi connectivity index (χ2v) is 4.13. The highest BCUT2D eigenvalue weighted by atomic mass is 15.2. The largest absolute Gasteiger partial charge is 0.367 e. The van der Waals surface area contributed by atoms with E-state index in [-0.39, 0.29) is 0 Å². The highest BCUT2D eigenvalue weighted by Gasteiger charge is 2.07. The van der Waals surface area contributed by atoms with Gasteiger partial charge in [-0.15, -0.1) is 0 Å². The van der Waals surface area contributed by atoms with Crippen LogP contribution in [0.4, 0.5) is 11.6 Å². The third kappa shape index (κ3) is 3.91. The van der Waals surface area contributed by atoms with Gasteiger partial charge in [0, 0.05) is 19.2 Å². The van der Waals surface area contributed by atoms with Gasteiger partial charge < -0.3 is 10.2 Å². The van der Waals surface area contributed by atoms with Gasteiger partial charge in [0.2, 0.25) is 0 Å². The molecular weight excluding hydrogens is 214 g/mol. The molecule has 1 aromatic rings. The summed E-state index contributed by atoms with van der Waals surface area (Å²) < 4.78 is 0. The summed E-state index contributed by atoms with van der Waals surface area (Å²) >= 11 is 0. The van der Waals surface area contributed by atoms with Crippen LogP contribution in [0, 0.1) is 18.3 Å². The summed E-state index contributed by atoms with van der Waals surface area (Å²) in [5, 5.41) is 12.0. The second kappa shape index (κ2) is 6.04. The van der Waals surface area contributed by atoms with E-state index in [0.29, 0.717) is 18.4 Å². The van der Waals surface area contributed by atoms with Crippen LogP contribution in [-0.2, 0) is 0 Å². The topological polar surface area (TPSA) is 64.8 Å². The summed E-state index contributed by atoms with van der Waals surface area (Å²) in [6.07, 6.45) is 1.03. The third-order valence-electron chi connectivity index (χ3n) is 2.53. The average molecular weight is 233 g/mol. The Bertz CT molecular complexity index is 410. The number of nitrogens with one attached hydrogen (secondary N) is 1. The lowest BCUT2D eigenvalue weighted by molar-refractivity contribution is 0.756. The van der Waals surface area contributed by atoms with Crippen molar-refractivity contribution >= 4 is 11.6 Å². The summed E-state index contributed by atoms with van der Waals surface area (Å²) in [4.78, 5) is 10.4. The van der Waals surface area contributed by atoms with Crippen LogP contribution < -0.4 is 10.2 Å². The molecule has 0 spiro atoms. The number of nitriles is 1. The minimum Gasteiger partial charge on any atom is -0.367 e. The molecule has 0 fully saturated rings. The van der Waals surface area contributed by atoms with Gasteiger partial charge in [-0.3, -0.25) is 0 Å². The fourth-order valence-electron chi connectivity index (χ4n) is 1.36. The number of anilines is 2. The number of aryl methyl sites for hydroxylation is 1. The van der Waals surface area contributed by atoms with Gasteiger partial charge in [0.15, 0.2) is 0 Å². The molecule has 1 heterocycles. The zero-order valence-electron chi connectivity index (χ0n) is 10.9. The molecule has 0 aliphatic rings. The summed E-state index contributed by atoms with van der Waals surface area (Å²) in [5.74, 6) is 2.29. The van der Waals surface area contributed by atoms with Gasteiger partial charge >= 0.3 is 0 Å². The maximum atomic E-state index is 8.67. The minimum atomic E-state index is 0.319. The molecule has 0 aromatic carbocycles. The predicted molar refractivity (Wildman–Crippen MR) is 69.0 cm³/mol. The first-order valence-electron chi connectivity index (χ1n) is 5.77. The smallest absolute Gasteiger partial charge is 0.134 e. The van der Waals surface area contributed by atoms with Gasteiger partial charge in [0.1, 0.15) is 24.0 Å². The highest BCUT2D eigenvalue weighted by molar-refractivity contribution is 5.49. The van der Waals surface area contributed by atoms with Crippen LogP contribution >= 0.6 is 0 Å². The fourth-order valence-corrected chi connectivity index (χ4v) is 1.36. The first-order valence-corrected chi connectivity index (χ1v) is 5.77. The third-order valence-corrected chi connectivity index (χ3v) is 2.53. The molecular formula is C12H19N5. The average Bonchev–Trinajstić information content (AvgIpc) is 2.28. The molecule has 5 heteroatoms. The van der Waals surface area contributed by atoms with E-state index in [9.17, 15) is 0 Å². The summed E-state index contributed by atoms with van der Waals surface area (Å²) in [5.41, 5.74) is 0. The van der Waals surface area contributed by atoms with Crippen LogP contribution in [0.15, 0.2) is 6.07 Å². The van der Waals surface area contributed by atoms with E-state index >= 15 is 0 Å². The minimum absolute atomic E-state index is 0.319. The van der Waals surface area contributed by atoms with Crippen molar-refractivity contribution in [2.24, 2.45) is 0 Å². The van der Waals surface area contributed by atoms with Crippen LogP contribution in [0.1, 0.15) is 26.1 Å². The van der Waals surface area contributed by atoms with E-state index in [0.717, 1.165) is 18.1 Å². The van der Waals surface area contributed by atoms with Crippen molar-refractivity contribution in [3.05, 3.63) is 11.9 Å². The van der Waals surface area contributed by atoms with Gasteiger partial charge in [-0.2, -0.15) is 5.26 Å². The van der Waals surface area contributed by atoms with Crippen molar-refractivity contribution in [2.45, 2.75) is 33.2 Å². The molecule has 0 amide bonds. The van der Waals surface area contributed by atoms with Crippen LogP contribution in [-0.4, -0.2) is 29.6 Å². The Hall–Kier alpha value is -1.83. The number of aromatic nitrogens is 2. The molecule has 17 heavy (non-hydrogen) atoms. The Morgan fingerprint density at radius 2 is 2.24 bits per heavy atom. The molecule has 0 bridgehead atoms. The van der Waals surface area contributed by atoms with E-state index in [1.807, 2.05) is 20.0 Å². The normalized spacial score (nSPS) is 11.7. The monoisotopic (exact) mass is 233 g/mol. The molecule has 1 rings (SSSR count). The number of rotatable bonds is 5. The van der Waals surface area contributed by atoms with Crippen molar-refractivity contribution in [2.75, 3.05) is 23.8 Å². The van der Waals surface area contributed by atoms with Crippen molar-refractivity contribution in [1.29, 1.82) is 5.26 Å². The zero-order chi connectivity index (χ0) is 12.8. The number of nitrogens with zero attached hydrogens (tertiary/aromatic N) is 4. The maximum Gasteiger partial charge on any atom is 0.134 e. The fraction of sp³-hybridized carbons (Fsp3) is 0.583. The molecule has 1 aromatic heterocycles. The molecule has 0 aliphatic carbocycles. The Morgan fingerprint density at radius 1 is 1.53 bits per heavy atom. The summed E-state index contributed by atoms with van der Waals surface area (Å²) in [7, 11) is 1.85. The Labute approximate surface area is 102 Å². The van der Waals surface area contributed by atoms with Crippen molar-refractivity contribution in [3.63, 3.8) is 0 Å². The zero-order valence-corrected chi connectivity index (χ0v) is 10.9. The highest BCUT2D eigenvalue weighted by Crippen LogP contribution is 2.15. The molecule has 92 valence electrons. The molecule has 0 saturated heterocycles. The van der Waals surface area contributed by atoms with E-state index in [1.54, 1.807) is 4.90 Å². The first-order chi connectivity index (χ1) is 8.06. The van der Waals surface area contributed by atoms with Crippen LogP contribution in [0.25, 0.3) is 0 Å². The van der Waals surface area contributed by atoms with Crippen molar-refractivity contribution in [1.82, 2.24) is 9.97 Å². The molecule has 1 unspecified atom stereocenters. The standard InChI is InChI=1S/C12H19N5/c1-5-9(2)14-11-8-12(16-10(3)15-11)17(4)7-6-13/h8-9H,5,7H2,1-4H3,(H,14,15,16). The molecule has 0 aliphatic heterocycles. The van der Waals surface area contributed by atoms with E-state index in [4.69, 9.17) is 5.26 Å². The van der Waals surface area contributed by atoms with E-state index in [2.05, 4.69) is 35.2 Å². The maximum absolute atomic E-state index is 8.67. The summed E-state index contributed by atoms with van der Waals surface area (Å²) in [6.45, 7) is 6.40. The molecule has 0 radical (unpaired) electrons. The van der Waals surface area contributed by atoms with E-state index < -0.39 is 0 Å². The lowest BCUT2D eigenvalue weighted by Gasteiger charge is -2.17.